The molecule has 0 amide bonds. The zero-order chi connectivity index (χ0) is 14.0. The average molecular weight is 288 g/mol. The third kappa shape index (κ3) is 3.54. The third-order valence-corrected chi connectivity index (χ3v) is 2.76. The van der Waals surface area contributed by atoms with Gasteiger partial charge < -0.3 is 10.5 Å². The van der Waals surface area contributed by atoms with E-state index in [1.165, 1.54) is 24.3 Å². The number of anilines is 1. The van der Waals surface area contributed by atoms with Crippen molar-refractivity contribution in [2.75, 3.05) is 5.73 Å². The molecule has 2 nitrogen and oxygen atoms in total. The summed E-state index contributed by atoms with van der Waals surface area (Å²) in [5, 5.41) is 0.431. The van der Waals surface area contributed by atoms with E-state index in [1.54, 1.807) is 18.2 Å². The van der Waals surface area contributed by atoms with Crippen molar-refractivity contribution in [3.05, 3.63) is 47.5 Å². The van der Waals surface area contributed by atoms with Crippen LogP contribution in [0.2, 0.25) is 5.02 Å². The molecule has 0 unspecified atom stereocenters. The predicted octanol–water partition coefficient (Wildman–Crippen LogP) is 4.49. The summed E-state index contributed by atoms with van der Waals surface area (Å²) < 4.78 is 39.8. The van der Waals surface area contributed by atoms with Gasteiger partial charge in [0.2, 0.25) is 0 Å². The van der Waals surface area contributed by atoms with Gasteiger partial charge in [0.25, 0.3) is 0 Å². The van der Waals surface area contributed by atoms with E-state index < -0.39 is 6.36 Å². The molecule has 6 heteroatoms. The minimum absolute atomic E-state index is 0.266. The van der Waals surface area contributed by atoms with Gasteiger partial charge in [-0.15, -0.1) is 13.2 Å². The summed E-state index contributed by atoms with van der Waals surface area (Å²) >= 11 is 5.80. The van der Waals surface area contributed by atoms with E-state index >= 15 is 0 Å². The van der Waals surface area contributed by atoms with Crippen LogP contribution in [-0.2, 0) is 0 Å². The van der Waals surface area contributed by atoms with Gasteiger partial charge in [-0.3, -0.25) is 0 Å². The Kier molecular flexibility index (Phi) is 3.57. The van der Waals surface area contributed by atoms with Crippen LogP contribution in [0.25, 0.3) is 11.1 Å². The minimum atomic E-state index is -4.69. The predicted molar refractivity (Wildman–Crippen MR) is 68.0 cm³/mol. The largest absolute Gasteiger partial charge is 0.573 e. The van der Waals surface area contributed by atoms with Crippen LogP contribution in [-0.4, -0.2) is 6.36 Å². The van der Waals surface area contributed by atoms with Gasteiger partial charge in [-0.25, -0.2) is 0 Å². The number of alkyl halides is 3. The smallest absolute Gasteiger partial charge is 0.406 e. The van der Waals surface area contributed by atoms with Crippen molar-refractivity contribution >= 4 is 17.3 Å². The topological polar surface area (TPSA) is 35.2 Å². The molecule has 0 atom stereocenters. The van der Waals surface area contributed by atoms with E-state index in [0.29, 0.717) is 10.7 Å². The van der Waals surface area contributed by atoms with E-state index in [9.17, 15) is 13.2 Å². The number of nitrogen functional groups attached to an aromatic ring is 1. The molecule has 100 valence electrons. The molecule has 2 rings (SSSR count). The van der Waals surface area contributed by atoms with Crippen molar-refractivity contribution in [1.29, 1.82) is 0 Å². The highest BCUT2D eigenvalue weighted by Crippen LogP contribution is 2.29. The molecular weight excluding hydrogens is 279 g/mol. The van der Waals surface area contributed by atoms with Crippen LogP contribution in [0, 0.1) is 0 Å². The van der Waals surface area contributed by atoms with Crippen LogP contribution in [0.1, 0.15) is 0 Å². The van der Waals surface area contributed by atoms with E-state index in [2.05, 4.69) is 4.74 Å². The van der Waals surface area contributed by atoms with E-state index in [4.69, 9.17) is 17.3 Å². The zero-order valence-corrected chi connectivity index (χ0v) is 10.3. The van der Waals surface area contributed by atoms with Crippen molar-refractivity contribution in [3.63, 3.8) is 0 Å². The molecule has 0 aliphatic carbocycles. The lowest BCUT2D eigenvalue weighted by molar-refractivity contribution is -0.274. The number of halogens is 4. The summed E-state index contributed by atoms with van der Waals surface area (Å²) in [5.74, 6) is -0.266. The van der Waals surface area contributed by atoms with Crippen LogP contribution in [0.3, 0.4) is 0 Å². The molecular formula is C13H9ClF3NO. The second-order valence-corrected chi connectivity index (χ2v) is 4.22. The van der Waals surface area contributed by atoms with E-state index in [0.717, 1.165) is 11.1 Å². The molecule has 0 heterocycles. The Balaban J connectivity index is 2.25. The van der Waals surface area contributed by atoms with Crippen LogP contribution in [0.4, 0.5) is 18.9 Å². The lowest BCUT2D eigenvalue weighted by Crippen LogP contribution is -2.16. The second-order valence-electron chi connectivity index (χ2n) is 3.81. The van der Waals surface area contributed by atoms with Crippen LogP contribution in [0.5, 0.6) is 5.75 Å². The number of ether oxygens (including phenoxy) is 1. The first-order valence-electron chi connectivity index (χ1n) is 5.26. The molecule has 0 aliphatic rings. The molecule has 0 fully saturated rings. The molecule has 0 radical (unpaired) electrons. The molecule has 0 saturated heterocycles. The quantitative estimate of drug-likeness (QED) is 0.826. The Morgan fingerprint density at radius 1 is 0.947 bits per heavy atom. The zero-order valence-electron chi connectivity index (χ0n) is 9.54. The minimum Gasteiger partial charge on any atom is -0.406 e. The number of hydrogen-bond acceptors (Lipinski definition) is 2. The lowest BCUT2D eigenvalue weighted by Gasteiger charge is -2.09. The maximum Gasteiger partial charge on any atom is 0.573 e. The summed E-state index contributed by atoms with van der Waals surface area (Å²) in [6.07, 6.45) is -4.69. The molecule has 0 spiro atoms. The SMILES string of the molecule is Nc1cc(-c2ccc(OC(F)(F)F)cc2)ccc1Cl. The van der Waals surface area contributed by atoms with Gasteiger partial charge in [0.1, 0.15) is 5.75 Å². The summed E-state index contributed by atoms with van der Waals surface area (Å²) in [6, 6.07) is 10.5. The highest BCUT2D eigenvalue weighted by Gasteiger charge is 2.30. The first kappa shape index (κ1) is 13.5. The monoisotopic (exact) mass is 287 g/mol. The number of benzene rings is 2. The fourth-order valence-electron chi connectivity index (χ4n) is 1.57. The fourth-order valence-corrected chi connectivity index (χ4v) is 1.69. The Morgan fingerprint density at radius 2 is 1.53 bits per heavy atom. The first-order chi connectivity index (χ1) is 8.85. The molecule has 2 aromatic rings. The maximum atomic E-state index is 12.0. The van der Waals surface area contributed by atoms with E-state index in [-0.39, 0.29) is 5.75 Å². The first-order valence-corrected chi connectivity index (χ1v) is 5.64. The average Bonchev–Trinajstić information content (AvgIpc) is 2.32. The molecule has 2 aromatic carbocycles. The molecule has 0 aromatic heterocycles. The third-order valence-electron chi connectivity index (χ3n) is 2.42. The van der Waals surface area contributed by atoms with Crippen LogP contribution in [0.15, 0.2) is 42.5 Å². The maximum absolute atomic E-state index is 12.0. The Morgan fingerprint density at radius 3 is 2.05 bits per heavy atom. The summed E-state index contributed by atoms with van der Waals surface area (Å²) in [6.45, 7) is 0. The normalized spacial score (nSPS) is 11.4. The molecule has 0 aliphatic heterocycles. The van der Waals surface area contributed by atoms with Gasteiger partial charge >= 0.3 is 6.36 Å². The van der Waals surface area contributed by atoms with Crippen molar-refractivity contribution in [3.8, 4) is 16.9 Å². The summed E-state index contributed by atoms with van der Waals surface area (Å²) in [7, 11) is 0. The van der Waals surface area contributed by atoms with Crippen molar-refractivity contribution in [2.24, 2.45) is 0 Å². The Hall–Kier alpha value is -1.88. The van der Waals surface area contributed by atoms with Gasteiger partial charge in [0, 0.05) is 0 Å². The standard InChI is InChI=1S/C13H9ClF3NO/c14-11-6-3-9(7-12(11)18)8-1-4-10(5-2-8)19-13(15,16)17/h1-7H,18H2. The fraction of sp³-hybridized carbons (Fsp3) is 0.0769. The highest BCUT2D eigenvalue weighted by molar-refractivity contribution is 6.33. The lowest BCUT2D eigenvalue weighted by atomic mass is 10.1. The molecule has 2 N–H and O–H groups in total. The number of rotatable bonds is 2. The Labute approximate surface area is 112 Å². The number of nitrogens with two attached hydrogens (primary N) is 1. The second kappa shape index (κ2) is 5.01. The summed E-state index contributed by atoms with van der Waals surface area (Å²) in [5.41, 5.74) is 7.56. The van der Waals surface area contributed by atoms with Gasteiger partial charge in [0.15, 0.2) is 0 Å². The van der Waals surface area contributed by atoms with Gasteiger partial charge in [0.05, 0.1) is 10.7 Å². The molecule has 19 heavy (non-hydrogen) atoms. The van der Waals surface area contributed by atoms with Crippen molar-refractivity contribution < 1.29 is 17.9 Å². The van der Waals surface area contributed by atoms with Gasteiger partial charge in [-0.1, -0.05) is 29.8 Å². The van der Waals surface area contributed by atoms with E-state index in [1.807, 2.05) is 0 Å². The molecule has 0 saturated carbocycles. The van der Waals surface area contributed by atoms with Crippen molar-refractivity contribution in [2.45, 2.75) is 6.36 Å². The van der Waals surface area contributed by atoms with Gasteiger partial charge in [-0.05, 0) is 35.4 Å². The summed E-state index contributed by atoms with van der Waals surface area (Å²) in [4.78, 5) is 0. The van der Waals surface area contributed by atoms with Gasteiger partial charge in [-0.2, -0.15) is 0 Å². The number of hydrogen-bond donors (Lipinski definition) is 1. The highest BCUT2D eigenvalue weighted by atomic mass is 35.5. The molecule has 0 bridgehead atoms. The van der Waals surface area contributed by atoms with Crippen molar-refractivity contribution in [1.82, 2.24) is 0 Å². The van der Waals surface area contributed by atoms with Crippen LogP contribution < -0.4 is 10.5 Å². The Bertz CT molecular complexity index is 581. The van der Waals surface area contributed by atoms with Crippen LogP contribution >= 0.6 is 11.6 Å².